The lowest BCUT2D eigenvalue weighted by atomic mass is 10.1. The Labute approximate surface area is 195 Å². The molecule has 31 heavy (non-hydrogen) atoms. The molecule has 0 bridgehead atoms. The van der Waals surface area contributed by atoms with Crippen LogP contribution in [0.5, 0.6) is 0 Å². The van der Waals surface area contributed by atoms with Crippen LogP contribution in [0.1, 0.15) is 22.4 Å². The highest BCUT2D eigenvalue weighted by atomic mass is 35.5. The molecule has 1 heterocycles. The van der Waals surface area contributed by atoms with E-state index in [4.69, 9.17) is 23.2 Å². The van der Waals surface area contributed by atoms with Gasteiger partial charge >= 0.3 is 0 Å². The van der Waals surface area contributed by atoms with E-state index in [0.29, 0.717) is 45.8 Å². The molecule has 5 nitrogen and oxygen atoms in total. The number of thioether (sulfide) groups is 1. The zero-order valence-electron chi connectivity index (χ0n) is 17.3. The maximum atomic E-state index is 12.8. The number of hydrogen-bond donors (Lipinski definition) is 1. The number of amides is 1. The predicted octanol–water partition coefficient (Wildman–Crippen LogP) is 4.44. The summed E-state index contributed by atoms with van der Waals surface area (Å²) in [5.74, 6) is 0.0434. The maximum absolute atomic E-state index is 12.8. The van der Waals surface area contributed by atoms with Gasteiger partial charge in [0.05, 0.1) is 5.75 Å². The van der Waals surface area contributed by atoms with Gasteiger partial charge in [0.15, 0.2) is 5.16 Å². The minimum atomic E-state index is -0.129. The largest absolute Gasteiger partial charge is 0.355 e. The van der Waals surface area contributed by atoms with Gasteiger partial charge in [-0.05, 0) is 36.6 Å². The lowest BCUT2D eigenvalue weighted by Crippen LogP contribution is -2.29. The molecule has 0 saturated carbocycles. The van der Waals surface area contributed by atoms with Crippen molar-refractivity contribution in [3.63, 3.8) is 0 Å². The van der Waals surface area contributed by atoms with Gasteiger partial charge in [-0.15, -0.1) is 0 Å². The molecule has 1 N–H and O–H groups in total. The summed E-state index contributed by atoms with van der Waals surface area (Å²) in [4.78, 5) is 29.6. The van der Waals surface area contributed by atoms with E-state index in [-0.39, 0.29) is 17.2 Å². The second-order valence-corrected chi connectivity index (χ2v) is 8.90. The Morgan fingerprint density at radius 3 is 2.61 bits per heavy atom. The summed E-state index contributed by atoms with van der Waals surface area (Å²) in [7, 11) is 1.69. The number of nitrogens with zero attached hydrogens (tertiary/aromatic N) is 2. The number of carbonyl (C=O) groups excluding carboxylic acids is 1. The standard InChI is InChI=1S/C23H23Cl2N3O2S/c1-15-19(12-16-6-4-3-5-7-16)22(30)28(2)23(27-15)31-14-21(29)26-11-10-17-8-9-18(24)13-20(17)25/h3-9,13H,10-12,14H2,1-2H3,(H,26,29). The molecule has 0 saturated heterocycles. The van der Waals surface area contributed by atoms with Crippen molar-refractivity contribution in [3.05, 3.63) is 91.3 Å². The van der Waals surface area contributed by atoms with Crippen molar-refractivity contribution < 1.29 is 4.79 Å². The average molecular weight is 476 g/mol. The fraction of sp³-hybridized carbons (Fsp3) is 0.261. The maximum Gasteiger partial charge on any atom is 0.257 e. The Bertz CT molecular complexity index is 1130. The monoisotopic (exact) mass is 475 g/mol. The Balaban J connectivity index is 1.57. The molecule has 0 aliphatic carbocycles. The summed E-state index contributed by atoms with van der Waals surface area (Å²) in [5, 5.41) is 4.56. The first-order valence-corrected chi connectivity index (χ1v) is 11.5. The minimum Gasteiger partial charge on any atom is -0.355 e. The predicted molar refractivity (Wildman–Crippen MR) is 127 cm³/mol. The van der Waals surface area contributed by atoms with Gasteiger partial charge in [-0.2, -0.15) is 0 Å². The molecule has 3 rings (SSSR count). The number of halogens is 2. The summed E-state index contributed by atoms with van der Waals surface area (Å²) in [6.45, 7) is 2.29. The quantitative estimate of drug-likeness (QED) is 0.386. The molecule has 1 aromatic heterocycles. The van der Waals surface area contributed by atoms with Gasteiger partial charge in [0.1, 0.15) is 0 Å². The van der Waals surface area contributed by atoms with E-state index >= 15 is 0 Å². The fourth-order valence-corrected chi connectivity index (χ4v) is 4.45. The lowest BCUT2D eigenvalue weighted by molar-refractivity contribution is -0.118. The zero-order chi connectivity index (χ0) is 22.4. The highest BCUT2D eigenvalue weighted by Crippen LogP contribution is 2.21. The third-order valence-corrected chi connectivity index (χ3v) is 6.45. The van der Waals surface area contributed by atoms with Crippen molar-refractivity contribution in [1.29, 1.82) is 0 Å². The van der Waals surface area contributed by atoms with Crippen molar-refractivity contribution in [2.24, 2.45) is 7.05 Å². The number of nitrogens with one attached hydrogen (secondary N) is 1. The van der Waals surface area contributed by atoms with E-state index in [1.165, 1.54) is 16.3 Å². The van der Waals surface area contributed by atoms with Crippen molar-refractivity contribution >= 4 is 40.9 Å². The van der Waals surface area contributed by atoms with Crippen molar-refractivity contribution in [2.75, 3.05) is 12.3 Å². The Morgan fingerprint density at radius 2 is 1.90 bits per heavy atom. The Hall–Kier alpha value is -2.28. The second-order valence-electron chi connectivity index (χ2n) is 7.11. The van der Waals surface area contributed by atoms with Gasteiger partial charge in [0.25, 0.3) is 5.56 Å². The average Bonchev–Trinajstić information content (AvgIpc) is 2.75. The molecule has 0 fully saturated rings. The number of benzene rings is 2. The lowest BCUT2D eigenvalue weighted by Gasteiger charge is -2.12. The van der Waals surface area contributed by atoms with Crippen LogP contribution in [-0.2, 0) is 24.7 Å². The number of carbonyl (C=O) groups is 1. The third kappa shape index (κ3) is 6.35. The van der Waals surface area contributed by atoms with Crippen molar-refractivity contribution in [3.8, 4) is 0 Å². The highest BCUT2D eigenvalue weighted by molar-refractivity contribution is 7.99. The number of rotatable bonds is 8. The van der Waals surface area contributed by atoms with Crippen LogP contribution in [0.15, 0.2) is 58.5 Å². The SMILES string of the molecule is Cc1nc(SCC(=O)NCCc2ccc(Cl)cc2Cl)n(C)c(=O)c1Cc1ccccc1. The summed E-state index contributed by atoms with van der Waals surface area (Å²) >= 11 is 13.3. The summed E-state index contributed by atoms with van der Waals surface area (Å²) in [6.07, 6.45) is 1.14. The second kappa shape index (κ2) is 10.8. The Morgan fingerprint density at radius 1 is 1.16 bits per heavy atom. The van der Waals surface area contributed by atoms with Gasteiger partial charge < -0.3 is 5.32 Å². The van der Waals surface area contributed by atoms with Crippen LogP contribution in [0, 0.1) is 6.92 Å². The van der Waals surface area contributed by atoms with Crippen LogP contribution >= 0.6 is 35.0 Å². The molecule has 0 aliphatic rings. The summed E-state index contributed by atoms with van der Waals surface area (Å²) in [6, 6.07) is 15.1. The number of aromatic nitrogens is 2. The highest BCUT2D eigenvalue weighted by Gasteiger charge is 2.14. The topological polar surface area (TPSA) is 64.0 Å². The molecule has 3 aromatic rings. The van der Waals surface area contributed by atoms with Crippen LogP contribution < -0.4 is 10.9 Å². The van der Waals surface area contributed by atoms with Crippen LogP contribution in [0.2, 0.25) is 10.0 Å². The number of aryl methyl sites for hydroxylation is 1. The molecule has 0 atom stereocenters. The van der Waals surface area contributed by atoms with Gasteiger partial charge in [0, 0.05) is 41.3 Å². The van der Waals surface area contributed by atoms with Crippen LogP contribution in [0.25, 0.3) is 0 Å². The fourth-order valence-electron chi connectivity index (χ4n) is 3.10. The molecule has 8 heteroatoms. The van der Waals surface area contributed by atoms with Gasteiger partial charge in [-0.1, -0.05) is 71.4 Å². The van der Waals surface area contributed by atoms with Gasteiger partial charge in [-0.25, -0.2) is 4.98 Å². The minimum absolute atomic E-state index is 0.0864. The molecule has 162 valence electrons. The first kappa shape index (κ1) is 23.4. The van der Waals surface area contributed by atoms with E-state index in [2.05, 4.69) is 10.3 Å². The molecule has 0 aliphatic heterocycles. The smallest absolute Gasteiger partial charge is 0.257 e. The Kier molecular flexibility index (Phi) is 8.18. The molecule has 0 radical (unpaired) electrons. The first-order chi connectivity index (χ1) is 14.8. The molecular weight excluding hydrogens is 453 g/mol. The van der Waals surface area contributed by atoms with Crippen LogP contribution in [-0.4, -0.2) is 27.8 Å². The van der Waals surface area contributed by atoms with E-state index in [9.17, 15) is 9.59 Å². The molecule has 0 spiro atoms. The van der Waals surface area contributed by atoms with E-state index in [1.54, 1.807) is 19.2 Å². The first-order valence-electron chi connectivity index (χ1n) is 9.79. The van der Waals surface area contributed by atoms with Crippen molar-refractivity contribution in [1.82, 2.24) is 14.9 Å². The van der Waals surface area contributed by atoms with E-state index in [0.717, 1.165) is 11.1 Å². The molecule has 2 aromatic carbocycles. The van der Waals surface area contributed by atoms with E-state index < -0.39 is 0 Å². The molecular formula is C23H23Cl2N3O2S. The molecule has 0 unspecified atom stereocenters. The van der Waals surface area contributed by atoms with Crippen LogP contribution in [0.3, 0.4) is 0 Å². The summed E-state index contributed by atoms with van der Waals surface area (Å²) in [5.41, 5.74) is 3.25. The van der Waals surface area contributed by atoms with Gasteiger partial charge in [-0.3, -0.25) is 14.2 Å². The van der Waals surface area contributed by atoms with Crippen LogP contribution in [0.4, 0.5) is 0 Å². The van der Waals surface area contributed by atoms with E-state index in [1.807, 2.05) is 43.3 Å². The number of hydrogen-bond acceptors (Lipinski definition) is 4. The summed E-state index contributed by atoms with van der Waals surface area (Å²) < 4.78 is 1.51. The zero-order valence-corrected chi connectivity index (χ0v) is 19.7. The molecule has 1 amide bonds. The normalized spacial score (nSPS) is 10.8. The van der Waals surface area contributed by atoms with Crippen molar-refractivity contribution in [2.45, 2.75) is 24.9 Å². The van der Waals surface area contributed by atoms with Gasteiger partial charge in [0.2, 0.25) is 5.91 Å². The third-order valence-electron chi connectivity index (χ3n) is 4.84.